The maximum atomic E-state index is 12.3. The van der Waals surface area contributed by atoms with Crippen molar-refractivity contribution in [3.05, 3.63) is 65.2 Å². The van der Waals surface area contributed by atoms with E-state index >= 15 is 0 Å². The van der Waals surface area contributed by atoms with E-state index in [1.165, 1.54) is 10.6 Å². The van der Waals surface area contributed by atoms with Crippen molar-refractivity contribution < 1.29 is 13.2 Å². The summed E-state index contributed by atoms with van der Waals surface area (Å²) in [4.78, 5) is 12.3. The Morgan fingerprint density at radius 3 is 2.22 bits per heavy atom. The second-order valence-corrected chi connectivity index (χ2v) is 8.78. The van der Waals surface area contributed by atoms with Crippen LogP contribution in [0.25, 0.3) is 0 Å². The molecule has 0 heterocycles. The SMILES string of the molecule is Cc1ccccc1[C@H](C)NC(=O)CCCN(c1ccccc1C)S(C)(=O)=O. The number of amides is 1. The number of nitrogens with zero attached hydrogens (tertiary/aromatic N) is 1. The number of carbonyl (C=O) groups is 1. The van der Waals surface area contributed by atoms with Gasteiger partial charge in [0.15, 0.2) is 0 Å². The molecule has 27 heavy (non-hydrogen) atoms. The summed E-state index contributed by atoms with van der Waals surface area (Å²) in [7, 11) is -3.41. The van der Waals surface area contributed by atoms with E-state index in [0.717, 1.165) is 16.7 Å². The van der Waals surface area contributed by atoms with E-state index in [2.05, 4.69) is 5.32 Å². The lowest BCUT2D eigenvalue weighted by molar-refractivity contribution is -0.121. The van der Waals surface area contributed by atoms with Crippen molar-refractivity contribution in [1.29, 1.82) is 0 Å². The Balaban J connectivity index is 1.96. The molecule has 2 rings (SSSR count). The Hall–Kier alpha value is -2.34. The summed E-state index contributed by atoms with van der Waals surface area (Å²) in [5, 5.41) is 2.99. The molecule has 2 aromatic rings. The van der Waals surface area contributed by atoms with Crippen LogP contribution in [0.1, 0.15) is 42.5 Å². The van der Waals surface area contributed by atoms with Crippen molar-refractivity contribution in [2.75, 3.05) is 17.1 Å². The third-order valence-corrected chi connectivity index (χ3v) is 5.76. The van der Waals surface area contributed by atoms with Crippen LogP contribution in [0.2, 0.25) is 0 Å². The molecule has 5 nitrogen and oxygen atoms in total. The minimum absolute atomic E-state index is 0.0796. The first kappa shape index (κ1) is 21.0. The molecule has 146 valence electrons. The molecule has 1 atom stereocenters. The first-order chi connectivity index (χ1) is 12.7. The number of nitrogens with one attached hydrogen (secondary N) is 1. The van der Waals surface area contributed by atoms with Crippen molar-refractivity contribution in [3.63, 3.8) is 0 Å². The zero-order valence-corrected chi connectivity index (χ0v) is 17.2. The average Bonchev–Trinajstić information content (AvgIpc) is 2.59. The van der Waals surface area contributed by atoms with Crippen LogP contribution in [0.3, 0.4) is 0 Å². The third-order valence-electron chi connectivity index (χ3n) is 4.58. The van der Waals surface area contributed by atoms with Crippen LogP contribution in [0.4, 0.5) is 5.69 Å². The van der Waals surface area contributed by atoms with Crippen molar-refractivity contribution in [3.8, 4) is 0 Å². The first-order valence-corrected chi connectivity index (χ1v) is 10.9. The molecule has 0 aliphatic carbocycles. The normalized spacial score (nSPS) is 12.4. The van der Waals surface area contributed by atoms with Gasteiger partial charge in [0.25, 0.3) is 0 Å². The van der Waals surface area contributed by atoms with Crippen LogP contribution in [0, 0.1) is 13.8 Å². The van der Waals surface area contributed by atoms with Crippen LogP contribution in [0.5, 0.6) is 0 Å². The molecule has 0 aliphatic heterocycles. The molecule has 0 saturated carbocycles. The summed E-state index contributed by atoms with van der Waals surface area (Å²) in [6.45, 7) is 6.13. The van der Waals surface area contributed by atoms with Gasteiger partial charge in [-0.2, -0.15) is 0 Å². The van der Waals surface area contributed by atoms with Crippen molar-refractivity contribution >= 4 is 21.6 Å². The largest absolute Gasteiger partial charge is 0.350 e. The molecule has 2 aromatic carbocycles. The third kappa shape index (κ3) is 5.82. The number of para-hydroxylation sites is 1. The zero-order chi connectivity index (χ0) is 20.0. The maximum absolute atomic E-state index is 12.3. The summed E-state index contributed by atoms with van der Waals surface area (Å²) >= 11 is 0. The summed E-state index contributed by atoms with van der Waals surface area (Å²) < 4.78 is 25.7. The van der Waals surface area contributed by atoms with Crippen molar-refractivity contribution in [2.45, 2.75) is 39.7 Å². The molecule has 6 heteroatoms. The summed E-state index contributed by atoms with van der Waals surface area (Å²) in [6.07, 6.45) is 1.92. The quantitative estimate of drug-likeness (QED) is 0.749. The lowest BCUT2D eigenvalue weighted by Crippen LogP contribution is -2.33. The molecule has 0 aromatic heterocycles. The van der Waals surface area contributed by atoms with Crippen molar-refractivity contribution in [2.24, 2.45) is 0 Å². The van der Waals surface area contributed by atoms with E-state index in [9.17, 15) is 13.2 Å². The maximum Gasteiger partial charge on any atom is 0.232 e. The number of hydrogen-bond acceptors (Lipinski definition) is 3. The van der Waals surface area contributed by atoms with E-state index in [1.54, 1.807) is 6.07 Å². The minimum atomic E-state index is -3.41. The van der Waals surface area contributed by atoms with E-state index in [1.807, 2.05) is 63.2 Å². The lowest BCUT2D eigenvalue weighted by Gasteiger charge is -2.24. The highest BCUT2D eigenvalue weighted by atomic mass is 32.2. The number of carbonyl (C=O) groups excluding carboxylic acids is 1. The topological polar surface area (TPSA) is 66.5 Å². The number of anilines is 1. The Labute approximate surface area is 162 Å². The van der Waals surface area contributed by atoms with Crippen LogP contribution in [-0.2, 0) is 14.8 Å². The fraction of sp³-hybridized carbons (Fsp3) is 0.381. The number of rotatable bonds is 8. The summed E-state index contributed by atoms with van der Waals surface area (Å²) in [5.74, 6) is -0.0796. The van der Waals surface area contributed by atoms with E-state index < -0.39 is 10.0 Å². The molecule has 0 fully saturated rings. The molecule has 0 unspecified atom stereocenters. The van der Waals surface area contributed by atoms with Gasteiger partial charge < -0.3 is 5.32 Å². The van der Waals surface area contributed by atoms with E-state index in [-0.39, 0.29) is 24.9 Å². The highest BCUT2D eigenvalue weighted by Gasteiger charge is 2.19. The molecule has 1 N–H and O–H groups in total. The highest BCUT2D eigenvalue weighted by Crippen LogP contribution is 2.22. The van der Waals surface area contributed by atoms with Gasteiger partial charge in [0.2, 0.25) is 15.9 Å². The second kappa shape index (κ2) is 9.04. The van der Waals surface area contributed by atoms with Gasteiger partial charge in [0.05, 0.1) is 18.0 Å². The fourth-order valence-electron chi connectivity index (χ4n) is 3.16. The van der Waals surface area contributed by atoms with Crippen molar-refractivity contribution in [1.82, 2.24) is 5.32 Å². The van der Waals surface area contributed by atoms with Crippen LogP contribution in [0.15, 0.2) is 48.5 Å². The Morgan fingerprint density at radius 2 is 1.63 bits per heavy atom. The van der Waals surface area contributed by atoms with Gasteiger partial charge in [-0.3, -0.25) is 9.10 Å². The average molecular weight is 389 g/mol. The molecule has 0 aliphatic rings. The van der Waals surface area contributed by atoms with Crippen LogP contribution in [-0.4, -0.2) is 27.1 Å². The molecule has 1 amide bonds. The summed E-state index contributed by atoms with van der Waals surface area (Å²) in [5.41, 5.74) is 3.77. The van der Waals surface area contributed by atoms with Gasteiger partial charge in [-0.15, -0.1) is 0 Å². The molecule has 0 bridgehead atoms. The van der Waals surface area contributed by atoms with Gasteiger partial charge in [-0.1, -0.05) is 42.5 Å². The smallest absolute Gasteiger partial charge is 0.232 e. The second-order valence-electron chi connectivity index (χ2n) is 6.87. The van der Waals surface area contributed by atoms with Gasteiger partial charge in [-0.25, -0.2) is 8.42 Å². The molecular weight excluding hydrogens is 360 g/mol. The summed E-state index contributed by atoms with van der Waals surface area (Å²) in [6, 6.07) is 15.2. The van der Waals surface area contributed by atoms with Crippen LogP contribution >= 0.6 is 0 Å². The zero-order valence-electron chi connectivity index (χ0n) is 16.4. The molecular formula is C21H28N2O3S. The predicted octanol–water partition coefficient (Wildman–Crippen LogP) is 3.73. The predicted molar refractivity (Wildman–Crippen MR) is 110 cm³/mol. The number of hydrogen-bond donors (Lipinski definition) is 1. The van der Waals surface area contributed by atoms with Gasteiger partial charge in [-0.05, 0) is 49.9 Å². The number of benzene rings is 2. The highest BCUT2D eigenvalue weighted by molar-refractivity contribution is 7.92. The molecule has 0 saturated heterocycles. The monoisotopic (exact) mass is 388 g/mol. The first-order valence-electron chi connectivity index (χ1n) is 9.08. The Kier molecular flexibility index (Phi) is 7.02. The molecule has 0 spiro atoms. The van der Waals surface area contributed by atoms with Crippen LogP contribution < -0.4 is 9.62 Å². The van der Waals surface area contributed by atoms with Gasteiger partial charge in [0.1, 0.15) is 0 Å². The number of sulfonamides is 1. The lowest BCUT2D eigenvalue weighted by atomic mass is 10.0. The molecule has 0 radical (unpaired) electrons. The fourth-order valence-corrected chi connectivity index (χ4v) is 4.18. The Bertz CT molecular complexity index is 894. The van der Waals surface area contributed by atoms with E-state index in [0.29, 0.717) is 12.1 Å². The Morgan fingerprint density at radius 1 is 1.04 bits per heavy atom. The number of aryl methyl sites for hydroxylation is 2. The van der Waals surface area contributed by atoms with Gasteiger partial charge in [0, 0.05) is 13.0 Å². The van der Waals surface area contributed by atoms with Gasteiger partial charge >= 0.3 is 0 Å². The standard InChI is InChI=1S/C21H28N2O3S/c1-16-10-5-7-12-19(16)18(3)22-21(24)14-9-15-23(27(4,25)26)20-13-8-6-11-17(20)2/h5-8,10-13,18H,9,14-15H2,1-4H3,(H,22,24)/t18-/m0/s1. The minimum Gasteiger partial charge on any atom is -0.350 e. The van der Waals surface area contributed by atoms with E-state index in [4.69, 9.17) is 0 Å².